The first-order valence-electron chi connectivity index (χ1n) is 11.5. The second-order valence-electron chi connectivity index (χ2n) is 8.41. The Balaban J connectivity index is 1.43. The van der Waals surface area contributed by atoms with Gasteiger partial charge in [-0.15, -0.1) is 0 Å². The third kappa shape index (κ3) is 6.68. The van der Waals surface area contributed by atoms with Crippen LogP contribution in [0.1, 0.15) is 36.0 Å². The number of allylic oxidation sites excluding steroid dienone is 1. The zero-order valence-electron chi connectivity index (χ0n) is 19.0. The molecule has 0 amide bonds. The quantitative estimate of drug-likeness (QED) is 0.269. The maximum atomic E-state index is 6.15. The lowest BCUT2D eigenvalue weighted by molar-refractivity contribution is 0.482. The van der Waals surface area contributed by atoms with Gasteiger partial charge >= 0.3 is 0 Å². The fraction of sp³-hybridized carbons (Fsp3) is 0.161. The molecule has 0 aliphatic carbocycles. The van der Waals surface area contributed by atoms with Crippen LogP contribution in [-0.2, 0) is 0 Å². The van der Waals surface area contributed by atoms with Crippen LogP contribution in [0.25, 0.3) is 22.9 Å². The lowest BCUT2D eigenvalue weighted by atomic mass is 9.89. The molecule has 33 heavy (non-hydrogen) atoms. The van der Waals surface area contributed by atoms with Gasteiger partial charge in [-0.1, -0.05) is 115 Å². The molecule has 2 heteroatoms. The van der Waals surface area contributed by atoms with E-state index in [1.54, 1.807) is 0 Å². The van der Waals surface area contributed by atoms with E-state index in [4.69, 9.17) is 11.6 Å². The maximum absolute atomic E-state index is 6.15. The summed E-state index contributed by atoms with van der Waals surface area (Å²) in [6, 6.07) is 34.1. The Morgan fingerprint density at radius 1 is 0.727 bits per heavy atom. The van der Waals surface area contributed by atoms with Gasteiger partial charge in [-0.2, -0.15) is 0 Å². The number of fused-ring (bicyclic) bond motifs is 1. The van der Waals surface area contributed by atoms with Crippen molar-refractivity contribution in [1.29, 1.82) is 0 Å². The minimum absolute atomic E-state index is 0.313. The number of halogens is 1. The van der Waals surface area contributed by atoms with E-state index in [1.165, 1.54) is 27.5 Å². The van der Waals surface area contributed by atoms with Crippen LogP contribution < -0.4 is 5.32 Å². The van der Waals surface area contributed by atoms with Crippen molar-refractivity contribution in [3.63, 3.8) is 0 Å². The number of rotatable bonds is 9. The first-order valence-corrected chi connectivity index (χ1v) is 11.9. The van der Waals surface area contributed by atoms with Gasteiger partial charge in [0.15, 0.2) is 0 Å². The molecule has 0 spiro atoms. The molecular weight excluding hydrogens is 422 g/mol. The summed E-state index contributed by atoms with van der Waals surface area (Å²) in [6.45, 7) is 3.09. The van der Waals surface area contributed by atoms with Crippen molar-refractivity contribution in [1.82, 2.24) is 5.32 Å². The summed E-state index contributed by atoms with van der Waals surface area (Å²) in [5, 5.41) is 7.00. The fourth-order valence-electron chi connectivity index (χ4n) is 4.16. The van der Waals surface area contributed by atoms with Crippen LogP contribution in [0.5, 0.6) is 0 Å². The Labute approximate surface area is 202 Å². The van der Waals surface area contributed by atoms with Crippen LogP contribution in [0.3, 0.4) is 0 Å². The van der Waals surface area contributed by atoms with Gasteiger partial charge in [-0.05, 0) is 59.0 Å². The van der Waals surface area contributed by atoms with Crippen molar-refractivity contribution >= 4 is 34.5 Å². The van der Waals surface area contributed by atoms with E-state index in [-0.39, 0.29) is 0 Å². The maximum Gasteiger partial charge on any atom is 0.0406 e. The summed E-state index contributed by atoms with van der Waals surface area (Å²) in [4.78, 5) is 0. The Hall–Kier alpha value is -3.13. The molecule has 0 aromatic heterocycles. The SMILES string of the molecule is CC(NC/C=C/c1ccccc1)C(C/C=C/c1ccc2ccccc2c1)c1ccc(Cl)cc1. The van der Waals surface area contributed by atoms with E-state index in [2.05, 4.69) is 115 Å². The number of nitrogens with one attached hydrogen (secondary N) is 1. The lowest BCUT2D eigenvalue weighted by Gasteiger charge is -2.24. The van der Waals surface area contributed by atoms with Gasteiger partial charge in [0.05, 0.1) is 0 Å². The van der Waals surface area contributed by atoms with Crippen LogP contribution in [0.2, 0.25) is 5.02 Å². The zero-order valence-corrected chi connectivity index (χ0v) is 19.7. The largest absolute Gasteiger partial charge is 0.310 e. The number of benzene rings is 4. The summed E-state index contributed by atoms with van der Waals surface area (Å²) in [5.74, 6) is 0.351. The molecule has 1 N–H and O–H groups in total. The molecular formula is C31H30ClN. The van der Waals surface area contributed by atoms with E-state index in [1.807, 2.05) is 18.2 Å². The van der Waals surface area contributed by atoms with Gasteiger partial charge in [0.25, 0.3) is 0 Å². The molecule has 4 aromatic carbocycles. The fourth-order valence-corrected chi connectivity index (χ4v) is 4.28. The van der Waals surface area contributed by atoms with Crippen molar-refractivity contribution in [3.8, 4) is 0 Å². The van der Waals surface area contributed by atoms with Crippen LogP contribution >= 0.6 is 11.6 Å². The zero-order chi connectivity index (χ0) is 22.9. The highest BCUT2D eigenvalue weighted by Gasteiger charge is 2.17. The summed E-state index contributed by atoms with van der Waals surface area (Å²) >= 11 is 6.15. The predicted octanol–water partition coefficient (Wildman–Crippen LogP) is 8.37. The standard InChI is InChI=1S/C31H30ClN/c1-24(33-22-8-12-25-9-3-2-4-10-25)31(28-18-20-30(32)21-19-28)15-7-11-26-16-17-27-13-5-6-14-29(27)23-26/h2-14,16-21,23-24,31,33H,15,22H2,1H3/b11-7+,12-8+. The van der Waals surface area contributed by atoms with E-state index in [9.17, 15) is 0 Å². The van der Waals surface area contributed by atoms with E-state index in [0.29, 0.717) is 12.0 Å². The van der Waals surface area contributed by atoms with Gasteiger partial charge in [-0.25, -0.2) is 0 Å². The molecule has 166 valence electrons. The Morgan fingerprint density at radius 2 is 1.42 bits per heavy atom. The first-order chi connectivity index (χ1) is 16.2. The summed E-state index contributed by atoms with van der Waals surface area (Å²) in [5.41, 5.74) is 3.75. The molecule has 4 rings (SSSR count). The molecule has 0 aliphatic heterocycles. The smallest absolute Gasteiger partial charge is 0.0406 e. The summed E-state index contributed by atoms with van der Waals surface area (Å²) < 4.78 is 0. The second-order valence-corrected chi connectivity index (χ2v) is 8.85. The molecule has 0 radical (unpaired) electrons. The molecule has 1 nitrogen and oxygen atoms in total. The van der Waals surface area contributed by atoms with Gasteiger partial charge in [0.1, 0.15) is 0 Å². The normalized spacial score (nSPS) is 13.6. The highest BCUT2D eigenvalue weighted by molar-refractivity contribution is 6.30. The molecule has 0 aliphatic rings. The Bertz CT molecular complexity index is 1210. The van der Waals surface area contributed by atoms with Gasteiger partial charge in [0.2, 0.25) is 0 Å². The molecule has 0 saturated carbocycles. The number of hydrogen-bond donors (Lipinski definition) is 1. The highest BCUT2D eigenvalue weighted by atomic mass is 35.5. The molecule has 0 fully saturated rings. The summed E-state index contributed by atoms with van der Waals surface area (Å²) in [7, 11) is 0. The van der Waals surface area contributed by atoms with Crippen LogP contribution in [0.4, 0.5) is 0 Å². The highest BCUT2D eigenvalue weighted by Crippen LogP contribution is 2.26. The average molecular weight is 452 g/mol. The molecule has 4 aromatic rings. The van der Waals surface area contributed by atoms with Crippen LogP contribution in [0.15, 0.2) is 109 Å². The minimum atomic E-state index is 0.313. The van der Waals surface area contributed by atoms with E-state index >= 15 is 0 Å². The second kappa shape index (κ2) is 11.7. The van der Waals surface area contributed by atoms with Crippen molar-refractivity contribution < 1.29 is 0 Å². The van der Waals surface area contributed by atoms with Crippen LogP contribution in [0, 0.1) is 0 Å². The topological polar surface area (TPSA) is 12.0 Å². The molecule has 0 bridgehead atoms. The van der Waals surface area contributed by atoms with E-state index in [0.717, 1.165) is 18.0 Å². The summed E-state index contributed by atoms with van der Waals surface area (Å²) in [6.07, 6.45) is 9.83. The van der Waals surface area contributed by atoms with Crippen molar-refractivity contribution in [3.05, 3.63) is 131 Å². The van der Waals surface area contributed by atoms with E-state index < -0.39 is 0 Å². The van der Waals surface area contributed by atoms with Gasteiger partial charge in [-0.3, -0.25) is 0 Å². The monoisotopic (exact) mass is 451 g/mol. The Morgan fingerprint density at radius 3 is 2.21 bits per heavy atom. The van der Waals surface area contributed by atoms with Crippen molar-refractivity contribution in [2.75, 3.05) is 6.54 Å². The van der Waals surface area contributed by atoms with Crippen molar-refractivity contribution in [2.45, 2.75) is 25.3 Å². The number of hydrogen-bond acceptors (Lipinski definition) is 1. The molecule has 2 atom stereocenters. The first kappa shape index (κ1) is 23.0. The molecule has 0 saturated heterocycles. The third-order valence-corrected chi connectivity index (χ3v) is 6.30. The Kier molecular flexibility index (Phi) is 8.14. The molecule has 0 heterocycles. The van der Waals surface area contributed by atoms with Gasteiger partial charge in [0, 0.05) is 23.5 Å². The molecule has 2 unspecified atom stereocenters. The minimum Gasteiger partial charge on any atom is -0.310 e. The third-order valence-electron chi connectivity index (χ3n) is 6.04. The van der Waals surface area contributed by atoms with Crippen molar-refractivity contribution in [2.24, 2.45) is 0 Å². The van der Waals surface area contributed by atoms with Crippen LogP contribution in [-0.4, -0.2) is 12.6 Å². The predicted molar refractivity (Wildman–Crippen MR) is 145 cm³/mol. The average Bonchev–Trinajstić information content (AvgIpc) is 2.86. The lowest BCUT2D eigenvalue weighted by Crippen LogP contribution is -2.32. The van der Waals surface area contributed by atoms with Gasteiger partial charge < -0.3 is 5.32 Å².